The van der Waals surface area contributed by atoms with Crippen molar-refractivity contribution in [3.8, 4) is 0 Å². The maximum absolute atomic E-state index is 3.52. The third kappa shape index (κ3) is 4.98. The molecule has 0 unspecified atom stereocenters. The van der Waals surface area contributed by atoms with Gasteiger partial charge in [0.2, 0.25) is 0 Å². The predicted octanol–water partition coefficient (Wildman–Crippen LogP) is 2.64. The first-order valence-corrected chi connectivity index (χ1v) is 6.83. The average molecular weight is 212 g/mol. The molecule has 1 heterocycles. The molecule has 0 saturated carbocycles. The lowest BCUT2D eigenvalue weighted by molar-refractivity contribution is 0.251. The molecule has 0 aromatic rings. The van der Waals surface area contributed by atoms with Gasteiger partial charge in [-0.15, -0.1) is 0 Å². The molecule has 2 heteroatoms. The quantitative estimate of drug-likeness (QED) is 0.622. The van der Waals surface area contributed by atoms with Gasteiger partial charge >= 0.3 is 0 Å². The first kappa shape index (κ1) is 13.0. The monoisotopic (exact) mass is 212 g/mol. The van der Waals surface area contributed by atoms with E-state index in [4.69, 9.17) is 0 Å². The van der Waals surface area contributed by atoms with Crippen LogP contribution in [-0.4, -0.2) is 37.1 Å². The molecular formula is C13H28N2. The minimum absolute atomic E-state index is 0.892. The van der Waals surface area contributed by atoms with Crippen molar-refractivity contribution in [2.75, 3.05) is 26.2 Å². The first-order valence-electron chi connectivity index (χ1n) is 6.83. The highest BCUT2D eigenvalue weighted by atomic mass is 15.2. The Labute approximate surface area is 95.4 Å². The summed E-state index contributed by atoms with van der Waals surface area (Å²) in [6.07, 6.45) is 8.23. The fourth-order valence-corrected chi connectivity index (χ4v) is 2.53. The lowest BCUT2D eigenvalue weighted by Crippen LogP contribution is -2.30. The fourth-order valence-electron chi connectivity index (χ4n) is 2.53. The molecule has 0 radical (unpaired) electrons. The number of hydrogen-bond donors (Lipinski definition) is 1. The molecule has 2 nitrogen and oxygen atoms in total. The van der Waals surface area contributed by atoms with Crippen molar-refractivity contribution in [3.05, 3.63) is 0 Å². The van der Waals surface area contributed by atoms with E-state index in [-0.39, 0.29) is 0 Å². The van der Waals surface area contributed by atoms with Crippen molar-refractivity contribution in [1.29, 1.82) is 0 Å². The van der Waals surface area contributed by atoms with Crippen LogP contribution in [0.5, 0.6) is 0 Å². The van der Waals surface area contributed by atoms with E-state index in [0.29, 0.717) is 0 Å². The van der Waals surface area contributed by atoms with Gasteiger partial charge in [0.1, 0.15) is 0 Å². The first-order chi connectivity index (χ1) is 7.38. The molecule has 1 aliphatic heterocycles. The highest BCUT2D eigenvalue weighted by Crippen LogP contribution is 2.20. The molecule has 15 heavy (non-hydrogen) atoms. The summed E-state index contributed by atoms with van der Waals surface area (Å²) in [5.74, 6) is 0. The SMILES string of the molecule is CCCCNCCC[C@@H]1CCCN1CC. The third-order valence-electron chi connectivity index (χ3n) is 3.50. The summed E-state index contributed by atoms with van der Waals surface area (Å²) < 4.78 is 0. The smallest absolute Gasteiger partial charge is 0.00960 e. The van der Waals surface area contributed by atoms with Gasteiger partial charge in [0, 0.05) is 6.04 Å². The summed E-state index contributed by atoms with van der Waals surface area (Å²) in [4.78, 5) is 2.64. The molecule has 0 aliphatic carbocycles. The molecule has 1 atom stereocenters. The van der Waals surface area contributed by atoms with Crippen molar-refractivity contribution < 1.29 is 0 Å². The summed E-state index contributed by atoms with van der Waals surface area (Å²) >= 11 is 0. The van der Waals surface area contributed by atoms with Crippen molar-refractivity contribution >= 4 is 0 Å². The Kier molecular flexibility index (Phi) is 7.03. The van der Waals surface area contributed by atoms with Crippen LogP contribution in [0.15, 0.2) is 0 Å². The highest BCUT2D eigenvalue weighted by molar-refractivity contribution is 4.78. The van der Waals surface area contributed by atoms with Crippen molar-refractivity contribution in [2.24, 2.45) is 0 Å². The molecule has 0 aromatic heterocycles. The summed E-state index contributed by atoms with van der Waals surface area (Å²) in [5.41, 5.74) is 0. The topological polar surface area (TPSA) is 15.3 Å². The minimum atomic E-state index is 0.892. The van der Waals surface area contributed by atoms with E-state index in [1.54, 1.807) is 0 Å². The zero-order chi connectivity index (χ0) is 10.9. The number of likely N-dealkylation sites (tertiary alicyclic amines) is 1. The van der Waals surface area contributed by atoms with Gasteiger partial charge in [-0.25, -0.2) is 0 Å². The average Bonchev–Trinajstić information content (AvgIpc) is 2.70. The molecule has 0 spiro atoms. The van der Waals surface area contributed by atoms with Crippen LogP contribution in [0.4, 0.5) is 0 Å². The summed E-state index contributed by atoms with van der Waals surface area (Å²) in [6, 6.07) is 0.892. The van der Waals surface area contributed by atoms with Gasteiger partial charge < -0.3 is 10.2 Å². The second-order valence-electron chi connectivity index (χ2n) is 4.67. The Morgan fingerprint density at radius 2 is 2.00 bits per heavy atom. The number of nitrogens with one attached hydrogen (secondary N) is 1. The van der Waals surface area contributed by atoms with Gasteiger partial charge in [0.25, 0.3) is 0 Å². The Morgan fingerprint density at radius 1 is 1.20 bits per heavy atom. The predicted molar refractivity (Wildman–Crippen MR) is 67.3 cm³/mol. The molecular weight excluding hydrogens is 184 g/mol. The van der Waals surface area contributed by atoms with E-state index in [1.165, 1.54) is 64.7 Å². The van der Waals surface area contributed by atoms with Crippen LogP contribution in [0.2, 0.25) is 0 Å². The zero-order valence-electron chi connectivity index (χ0n) is 10.6. The summed E-state index contributed by atoms with van der Waals surface area (Å²) in [7, 11) is 0. The second kappa shape index (κ2) is 8.12. The number of rotatable bonds is 8. The molecule has 0 aromatic carbocycles. The van der Waals surface area contributed by atoms with E-state index < -0.39 is 0 Å². The van der Waals surface area contributed by atoms with Gasteiger partial charge in [0.05, 0.1) is 0 Å². The van der Waals surface area contributed by atoms with Gasteiger partial charge in [-0.2, -0.15) is 0 Å². The van der Waals surface area contributed by atoms with Gasteiger partial charge in [-0.3, -0.25) is 0 Å². The van der Waals surface area contributed by atoms with Crippen LogP contribution in [0.1, 0.15) is 52.4 Å². The van der Waals surface area contributed by atoms with E-state index in [1.807, 2.05) is 0 Å². The van der Waals surface area contributed by atoms with Gasteiger partial charge in [0.15, 0.2) is 0 Å². The van der Waals surface area contributed by atoms with E-state index in [2.05, 4.69) is 24.1 Å². The summed E-state index contributed by atoms with van der Waals surface area (Å²) in [5, 5.41) is 3.52. The number of hydrogen-bond acceptors (Lipinski definition) is 2. The lowest BCUT2D eigenvalue weighted by Gasteiger charge is -2.22. The summed E-state index contributed by atoms with van der Waals surface area (Å²) in [6.45, 7) is 9.54. The molecule has 0 amide bonds. The van der Waals surface area contributed by atoms with E-state index in [9.17, 15) is 0 Å². The van der Waals surface area contributed by atoms with Crippen molar-refractivity contribution in [1.82, 2.24) is 10.2 Å². The van der Waals surface area contributed by atoms with Gasteiger partial charge in [-0.1, -0.05) is 20.3 Å². The Bertz CT molecular complexity index is 147. The minimum Gasteiger partial charge on any atom is -0.317 e. The molecule has 1 saturated heterocycles. The molecule has 1 fully saturated rings. The maximum Gasteiger partial charge on any atom is 0.00960 e. The normalized spacial score (nSPS) is 22.4. The molecule has 1 N–H and O–H groups in total. The lowest BCUT2D eigenvalue weighted by atomic mass is 10.1. The standard InChI is InChI=1S/C13H28N2/c1-3-5-10-14-11-6-8-13-9-7-12-15(13)4-2/h13-14H,3-12H2,1-2H3/t13-/m1/s1. The van der Waals surface area contributed by atoms with Crippen molar-refractivity contribution in [2.45, 2.75) is 58.4 Å². The second-order valence-corrected chi connectivity index (χ2v) is 4.67. The van der Waals surface area contributed by atoms with Crippen LogP contribution in [-0.2, 0) is 0 Å². The molecule has 1 aliphatic rings. The zero-order valence-corrected chi connectivity index (χ0v) is 10.6. The van der Waals surface area contributed by atoms with E-state index in [0.717, 1.165) is 6.04 Å². The van der Waals surface area contributed by atoms with Crippen LogP contribution >= 0.6 is 0 Å². The largest absolute Gasteiger partial charge is 0.317 e. The van der Waals surface area contributed by atoms with Gasteiger partial charge in [-0.05, 0) is 58.3 Å². The van der Waals surface area contributed by atoms with Crippen molar-refractivity contribution in [3.63, 3.8) is 0 Å². The Hall–Kier alpha value is -0.0800. The molecule has 90 valence electrons. The van der Waals surface area contributed by atoms with Crippen LogP contribution < -0.4 is 5.32 Å². The van der Waals surface area contributed by atoms with Crippen LogP contribution in [0.25, 0.3) is 0 Å². The maximum atomic E-state index is 3.52. The molecule has 1 rings (SSSR count). The van der Waals surface area contributed by atoms with E-state index >= 15 is 0 Å². The fraction of sp³-hybridized carbons (Fsp3) is 1.00. The molecule has 0 bridgehead atoms. The third-order valence-corrected chi connectivity index (χ3v) is 3.50. The van der Waals surface area contributed by atoms with Crippen LogP contribution in [0, 0.1) is 0 Å². The number of unbranched alkanes of at least 4 members (excludes halogenated alkanes) is 1. The number of nitrogens with zero attached hydrogens (tertiary/aromatic N) is 1. The Morgan fingerprint density at radius 3 is 2.73 bits per heavy atom. The highest BCUT2D eigenvalue weighted by Gasteiger charge is 2.21. The Balaban J connectivity index is 1.95. The van der Waals surface area contributed by atoms with Crippen LogP contribution in [0.3, 0.4) is 0 Å².